The summed E-state index contributed by atoms with van der Waals surface area (Å²) in [4.78, 5) is 17.8. The molecular weight excluding hydrogens is 264 g/mol. The normalized spacial score (nSPS) is 10.5. The van der Waals surface area contributed by atoms with Gasteiger partial charge in [0, 0.05) is 33.7 Å². The zero-order chi connectivity index (χ0) is 15.7. The molecule has 0 fully saturated rings. The summed E-state index contributed by atoms with van der Waals surface area (Å²) in [5, 5.41) is 3.19. The van der Waals surface area contributed by atoms with Gasteiger partial charge in [-0.1, -0.05) is 26.7 Å². The smallest absolute Gasteiger partial charge is 0.231 e. The van der Waals surface area contributed by atoms with E-state index in [9.17, 15) is 0 Å². The molecule has 0 atom stereocenters. The Morgan fingerprint density at radius 1 is 0.857 bits per heavy atom. The summed E-state index contributed by atoms with van der Waals surface area (Å²) in [5.74, 6) is 2.14. The third kappa shape index (κ3) is 5.73. The molecule has 0 unspecified atom stereocenters. The number of aromatic nitrogens is 3. The van der Waals surface area contributed by atoms with Crippen molar-refractivity contribution >= 4 is 17.8 Å². The SMILES string of the molecule is CCCCN(CCCC)c1nc(NCC)nc(N(C)C)n1. The lowest BCUT2D eigenvalue weighted by Crippen LogP contribution is -2.29. The van der Waals surface area contributed by atoms with Crippen molar-refractivity contribution in [2.45, 2.75) is 46.5 Å². The molecule has 0 bridgehead atoms. The Morgan fingerprint density at radius 2 is 1.43 bits per heavy atom. The predicted octanol–water partition coefficient (Wildman–Crippen LogP) is 2.78. The van der Waals surface area contributed by atoms with E-state index in [2.05, 4.69) is 39.0 Å². The van der Waals surface area contributed by atoms with E-state index in [1.54, 1.807) is 0 Å². The van der Waals surface area contributed by atoms with Gasteiger partial charge in [-0.2, -0.15) is 15.0 Å². The maximum absolute atomic E-state index is 4.61. The van der Waals surface area contributed by atoms with Gasteiger partial charge in [0.15, 0.2) is 0 Å². The lowest BCUT2D eigenvalue weighted by Gasteiger charge is -2.24. The third-order valence-corrected chi connectivity index (χ3v) is 3.19. The minimum absolute atomic E-state index is 0.657. The van der Waals surface area contributed by atoms with E-state index < -0.39 is 0 Å². The monoisotopic (exact) mass is 294 g/mol. The summed E-state index contributed by atoms with van der Waals surface area (Å²) in [7, 11) is 3.91. The molecule has 1 heterocycles. The first-order valence-electron chi connectivity index (χ1n) is 8.04. The molecule has 1 rings (SSSR count). The molecule has 0 aromatic carbocycles. The Bertz CT molecular complexity index is 399. The standard InChI is InChI=1S/C15H30N6/c1-6-9-11-21(12-10-7-2)15-18-13(16-8-3)17-14(19-15)20(4)5/h6-12H2,1-5H3,(H,16,17,18,19). The highest BCUT2D eigenvalue weighted by Crippen LogP contribution is 2.16. The molecule has 1 aromatic rings. The van der Waals surface area contributed by atoms with Crippen molar-refractivity contribution in [3.05, 3.63) is 0 Å². The molecule has 0 amide bonds. The largest absolute Gasteiger partial charge is 0.354 e. The van der Waals surface area contributed by atoms with Crippen LogP contribution in [-0.4, -0.2) is 48.7 Å². The molecule has 0 aliphatic heterocycles. The quantitative estimate of drug-likeness (QED) is 0.716. The minimum Gasteiger partial charge on any atom is -0.354 e. The first kappa shape index (κ1) is 17.5. The minimum atomic E-state index is 0.657. The fraction of sp³-hybridized carbons (Fsp3) is 0.800. The van der Waals surface area contributed by atoms with E-state index in [0.717, 1.165) is 38.4 Å². The van der Waals surface area contributed by atoms with Gasteiger partial charge in [0.2, 0.25) is 17.8 Å². The zero-order valence-electron chi connectivity index (χ0n) is 14.2. The predicted molar refractivity (Wildman–Crippen MR) is 90.3 cm³/mol. The first-order chi connectivity index (χ1) is 10.1. The van der Waals surface area contributed by atoms with Crippen LogP contribution in [0.15, 0.2) is 0 Å². The van der Waals surface area contributed by atoms with Crippen LogP contribution in [0.1, 0.15) is 46.5 Å². The van der Waals surface area contributed by atoms with Crippen LogP contribution in [0, 0.1) is 0 Å². The lowest BCUT2D eigenvalue weighted by atomic mass is 10.3. The Morgan fingerprint density at radius 3 is 1.90 bits per heavy atom. The van der Waals surface area contributed by atoms with Gasteiger partial charge < -0.3 is 15.1 Å². The van der Waals surface area contributed by atoms with Crippen LogP contribution in [0.25, 0.3) is 0 Å². The molecule has 0 saturated heterocycles. The fourth-order valence-corrected chi connectivity index (χ4v) is 1.94. The summed E-state index contributed by atoms with van der Waals surface area (Å²) in [6, 6.07) is 0. The van der Waals surface area contributed by atoms with E-state index in [1.807, 2.05) is 25.9 Å². The van der Waals surface area contributed by atoms with Gasteiger partial charge in [-0.15, -0.1) is 0 Å². The molecule has 6 heteroatoms. The van der Waals surface area contributed by atoms with Crippen LogP contribution in [0.2, 0.25) is 0 Å². The number of nitrogens with zero attached hydrogens (tertiary/aromatic N) is 5. The van der Waals surface area contributed by atoms with Crippen molar-refractivity contribution in [3.8, 4) is 0 Å². The van der Waals surface area contributed by atoms with Crippen molar-refractivity contribution in [2.75, 3.05) is 48.8 Å². The molecule has 0 aliphatic carbocycles. The van der Waals surface area contributed by atoms with Crippen LogP contribution >= 0.6 is 0 Å². The molecule has 0 saturated carbocycles. The molecular formula is C15H30N6. The third-order valence-electron chi connectivity index (χ3n) is 3.19. The Balaban J connectivity index is 3.02. The molecule has 120 valence electrons. The average molecular weight is 294 g/mol. The number of hydrogen-bond donors (Lipinski definition) is 1. The summed E-state index contributed by atoms with van der Waals surface area (Å²) in [5.41, 5.74) is 0. The molecule has 0 aliphatic rings. The maximum atomic E-state index is 4.61. The topological polar surface area (TPSA) is 57.2 Å². The van der Waals surface area contributed by atoms with Crippen molar-refractivity contribution in [2.24, 2.45) is 0 Å². The Kier molecular flexibility index (Phi) is 7.79. The van der Waals surface area contributed by atoms with Crippen LogP contribution in [-0.2, 0) is 0 Å². The molecule has 6 nitrogen and oxygen atoms in total. The highest BCUT2D eigenvalue weighted by atomic mass is 15.3. The number of nitrogens with one attached hydrogen (secondary N) is 1. The van der Waals surface area contributed by atoms with Gasteiger partial charge in [0.05, 0.1) is 0 Å². The van der Waals surface area contributed by atoms with Gasteiger partial charge >= 0.3 is 0 Å². The second-order valence-electron chi connectivity index (χ2n) is 5.38. The van der Waals surface area contributed by atoms with Crippen LogP contribution in [0.5, 0.6) is 0 Å². The Hall–Kier alpha value is -1.59. The number of anilines is 3. The second-order valence-corrected chi connectivity index (χ2v) is 5.38. The van der Waals surface area contributed by atoms with Gasteiger partial charge in [-0.25, -0.2) is 0 Å². The van der Waals surface area contributed by atoms with Crippen molar-refractivity contribution < 1.29 is 0 Å². The number of unbranched alkanes of at least 4 members (excludes halogenated alkanes) is 2. The number of rotatable bonds is 10. The molecule has 0 spiro atoms. The molecule has 1 N–H and O–H groups in total. The number of hydrogen-bond acceptors (Lipinski definition) is 6. The second kappa shape index (κ2) is 9.37. The van der Waals surface area contributed by atoms with Crippen LogP contribution in [0.3, 0.4) is 0 Å². The molecule has 1 aromatic heterocycles. The fourth-order valence-electron chi connectivity index (χ4n) is 1.94. The highest BCUT2D eigenvalue weighted by molar-refractivity contribution is 5.44. The van der Waals surface area contributed by atoms with Gasteiger partial charge in [0.25, 0.3) is 0 Å². The van der Waals surface area contributed by atoms with Crippen LogP contribution in [0.4, 0.5) is 17.8 Å². The lowest BCUT2D eigenvalue weighted by molar-refractivity contribution is 0.661. The summed E-state index contributed by atoms with van der Waals surface area (Å²) < 4.78 is 0. The van der Waals surface area contributed by atoms with E-state index in [0.29, 0.717) is 11.9 Å². The first-order valence-corrected chi connectivity index (χ1v) is 8.04. The highest BCUT2D eigenvalue weighted by Gasteiger charge is 2.13. The average Bonchev–Trinajstić information content (AvgIpc) is 2.47. The van der Waals surface area contributed by atoms with Gasteiger partial charge in [-0.05, 0) is 19.8 Å². The Labute approximate surface area is 129 Å². The summed E-state index contributed by atoms with van der Waals surface area (Å²) in [6.07, 6.45) is 4.66. The van der Waals surface area contributed by atoms with E-state index in [-0.39, 0.29) is 0 Å². The maximum Gasteiger partial charge on any atom is 0.231 e. The van der Waals surface area contributed by atoms with Gasteiger partial charge in [0.1, 0.15) is 0 Å². The van der Waals surface area contributed by atoms with Crippen molar-refractivity contribution in [3.63, 3.8) is 0 Å². The van der Waals surface area contributed by atoms with Crippen molar-refractivity contribution in [1.29, 1.82) is 0 Å². The van der Waals surface area contributed by atoms with Crippen molar-refractivity contribution in [1.82, 2.24) is 15.0 Å². The molecule has 0 radical (unpaired) electrons. The van der Waals surface area contributed by atoms with E-state index >= 15 is 0 Å². The zero-order valence-corrected chi connectivity index (χ0v) is 14.2. The molecule has 21 heavy (non-hydrogen) atoms. The van der Waals surface area contributed by atoms with E-state index in [1.165, 1.54) is 12.8 Å². The van der Waals surface area contributed by atoms with E-state index in [4.69, 9.17) is 0 Å². The van der Waals surface area contributed by atoms with Gasteiger partial charge in [-0.3, -0.25) is 0 Å². The van der Waals surface area contributed by atoms with Crippen LogP contribution < -0.4 is 15.1 Å². The summed E-state index contributed by atoms with van der Waals surface area (Å²) >= 11 is 0. The summed E-state index contributed by atoms with van der Waals surface area (Å²) in [6.45, 7) is 9.27.